The van der Waals surface area contributed by atoms with Gasteiger partial charge in [-0.3, -0.25) is 0 Å². The van der Waals surface area contributed by atoms with Gasteiger partial charge in [0.2, 0.25) is 0 Å². The van der Waals surface area contributed by atoms with Gasteiger partial charge < -0.3 is 4.74 Å². The number of benzene rings is 2. The molecule has 0 aliphatic carbocycles. The van der Waals surface area contributed by atoms with Crippen LogP contribution in [-0.2, 0) is 19.3 Å². The molecule has 112 valence electrons. The van der Waals surface area contributed by atoms with Crippen LogP contribution in [0.25, 0.3) is 0 Å². The molecule has 1 unspecified atom stereocenters. The Hall–Kier alpha value is -1.47. The van der Waals surface area contributed by atoms with Crippen LogP contribution in [0.2, 0.25) is 0 Å². The summed E-state index contributed by atoms with van der Waals surface area (Å²) in [5.74, 6) is 0.882. The van der Waals surface area contributed by atoms with Crippen LogP contribution in [0.15, 0.2) is 42.5 Å². The zero-order valence-electron chi connectivity index (χ0n) is 13.0. The van der Waals surface area contributed by atoms with E-state index in [2.05, 4.69) is 44.2 Å². The monoisotopic (exact) mass is 302 g/mol. The van der Waals surface area contributed by atoms with Crippen LogP contribution in [0.5, 0.6) is 5.75 Å². The summed E-state index contributed by atoms with van der Waals surface area (Å²) in [5.41, 5.74) is 5.21. The van der Waals surface area contributed by atoms with Crippen molar-refractivity contribution < 1.29 is 4.74 Å². The third-order valence-electron chi connectivity index (χ3n) is 3.91. The van der Waals surface area contributed by atoms with Crippen molar-refractivity contribution in [1.82, 2.24) is 0 Å². The molecule has 0 amide bonds. The molecule has 2 aromatic rings. The number of ether oxygens (including phenoxy) is 1. The van der Waals surface area contributed by atoms with E-state index in [0.717, 1.165) is 25.0 Å². The Morgan fingerprint density at radius 1 is 0.952 bits per heavy atom. The largest absolute Gasteiger partial charge is 0.497 e. The van der Waals surface area contributed by atoms with Gasteiger partial charge in [-0.1, -0.05) is 44.2 Å². The van der Waals surface area contributed by atoms with Crippen LogP contribution in [0, 0.1) is 0 Å². The first-order valence-corrected chi connectivity index (χ1v) is 8.00. The van der Waals surface area contributed by atoms with E-state index in [9.17, 15) is 0 Å². The van der Waals surface area contributed by atoms with E-state index in [1.54, 1.807) is 7.11 Å². The topological polar surface area (TPSA) is 9.23 Å². The molecular weight excluding hydrogens is 280 g/mol. The minimum absolute atomic E-state index is 0.0137. The van der Waals surface area contributed by atoms with Crippen molar-refractivity contribution in [1.29, 1.82) is 0 Å². The predicted molar refractivity (Wildman–Crippen MR) is 90.5 cm³/mol. The van der Waals surface area contributed by atoms with Gasteiger partial charge in [0.15, 0.2) is 0 Å². The molecule has 0 bridgehead atoms. The summed E-state index contributed by atoms with van der Waals surface area (Å²) in [5, 5.41) is 0.0137. The van der Waals surface area contributed by atoms with Crippen molar-refractivity contribution in [2.75, 3.05) is 7.11 Å². The zero-order chi connectivity index (χ0) is 15.2. The molecule has 0 heterocycles. The van der Waals surface area contributed by atoms with E-state index in [0.29, 0.717) is 0 Å². The average molecular weight is 303 g/mol. The highest BCUT2D eigenvalue weighted by Crippen LogP contribution is 2.30. The lowest BCUT2D eigenvalue weighted by Gasteiger charge is -2.16. The van der Waals surface area contributed by atoms with Gasteiger partial charge >= 0.3 is 0 Å². The minimum atomic E-state index is 0.0137. The fourth-order valence-electron chi connectivity index (χ4n) is 2.56. The second-order valence-electron chi connectivity index (χ2n) is 5.26. The number of hydrogen-bond donors (Lipinski definition) is 0. The minimum Gasteiger partial charge on any atom is -0.497 e. The van der Waals surface area contributed by atoms with Gasteiger partial charge in [-0.25, -0.2) is 0 Å². The number of aryl methyl sites for hydroxylation is 2. The quantitative estimate of drug-likeness (QED) is 0.654. The highest BCUT2D eigenvalue weighted by molar-refractivity contribution is 6.21. The predicted octanol–water partition coefficient (Wildman–Crippen LogP) is 5.34. The molecule has 0 fully saturated rings. The lowest BCUT2D eigenvalue weighted by molar-refractivity contribution is 0.414. The number of rotatable bonds is 6. The Bertz CT molecular complexity index is 575. The van der Waals surface area contributed by atoms with Gasteiger partial charge in [-0.15, -0.1) is 11.6 Å². The van der Waals surface area contributed by atoms with Crippen molar-refractivity contribution in [3.8, 4) is 5.75 Å². The van der Waals surface area contributed by atoms with Crippen molar-refractivity contribution in [2.45, 2.75) is 38.5 Å². The Morgan fingerprint density at radius 3 is 2.19 bits per heavy atom. The molecule has 2 aromatic carbocycles. The molecule has 2 rings (SSSR count). The summed E-state index contributed by atoms with van der Waals surface area (Å²) in [6.07, 6.45) is 2.90. The molecule has 0 aliphatic rings. The van der Waals surface area contributed by atoms with Crippen LogP contribution in [-0.4, -0.2) is 7.11 Å². The van der Waals surface area contributed by atoms with Gasteiger partial charge in [0, 0.05) is 0 Å². The molecule has 0 spiro atoms. The van der Waals surface area contributed by atoms with E-state index in [1.807, 2.05) is 12.1 Å². The third-order valence-corrected chi connectivity index (χ3v) is 4.30. The van der Waals surface area contributed by atoms with Crippen LogP contribution in [0.1, 0.15) is 41.5 Å². The molecular formula is C19H23ClO. The summed E-state index contributed by atoms with van der Waals surface area (Å²) < 4.78 is 5.19. The fourth-order valence-corrected chi connectivity index (χ4v) is 2.94. The smallest absolute Gasteiger partial charge is 0.118 e. The molecule has 2 heteroatoms. The Morgan fingerprint density at radius 2 is 1.62 bits per heavy atom. The Balaban J connectivity index is 2.20. The van der Waals surface area contributed by atoms with Crippen LogP contribution in [0.3, 0.4) is 0 Å². The summed E-state index contributed by atoms with van der Waals surface area (Å²) in [7, 11) is 1.68. The lowest BCUT2D eigenvalue weighted by Crippen LogP contribution is -2.01. The highest BCUT2D eigenvalue weighted by Gasteiger charge is 2.13. The van der Waals surface area contributed by atoms with E-state index in [1.165, 1.54) is 22.3 Å². The van der Waals surface area contributed by atoms with Crippen molar-refractivity contribution in [3.05, 3.63) is 64.7 Å². The summed E-state index contributed by atoms with van der Waals surface area (Å²) >= 11 is 6.70. The van der Waals surface area contributed by atoms with Crippen molar-refractivity contribution in [3.63, 3.8) is 0 Å². The molecule has 0 saturated carbocycles. The number of hydrogen-bond acceptors (Lipinski definition) is 1. The first-order valence-electron chi connectivity index (χ1n) is 7.56. The van der Waals surface area contributed by atoms with Crippen LogP contribution < -0.4 is 4.74 Å². The second-order valence-corrected chi connectivity index (χ2v) is 5.79. The Kier molecular flexibility index (Phi) is 5.69. The summed E-state index contributed by atoms with van der Waals surface area (Å²) in [6.45, 7) is 4.36. The fraction of sp³-hybridized carbons (Fsp3) is 0.368. The third kappa shape index (κ3) is 4.01. The van der Waals surface area contributed by atoms with Gasteiger partial charge in [-0.2, -0.15) is 0 Å². The summed E-state index contributed by atoms with van der Waals surface area (Å²) in [4.78, 5) is 0. The Labute approximate surface area is 132 Å². The molecule has 1 atom stereocenters. The van der Waals surface area contributed by atoms with Gasteiger partial charge in [0.1, 0.15) is 5.75 Å². The SMILES string of the molecule is CCc1ccc(CC)c(C(Cl)Cc2ccc(OC)cc2)c1. The van der Waals surface area contributed by atoms with Crippen molar-refractivity contribution >= 4 is 11.6 Å². The van der Waals surface area contributed by atoms with E-state index >= 15 is 0 Å². The molecule has 0 saturated heterocycles. The van der Waals surface area contributed by atoms with Crippen LogP contribution >= 0.6 is 11.6 Å². The maximum atomic E-state index is 6.70. The first kappa shape index (κ1) is 15.9. The van der Waals surface area contributed by atoms with Gasteiger partial charge in [-0.05, 0) is 53.6 Å². The highest BCUT2D eigenvalue weighted by atomic mass is 35.5. The maximum absolute atomic E-state index is 6.70. The van der Waals surface area contributed by atoms with Gasteiger partial charge in [0.25, 0.3) is 0 Å². The van der Waals surface area contributed by atoms with E-state index in [-0.39, 0.29) is 5.38 Å². The second kappa shape index (κ2) is 7.51. The molecule has 21 heavy (non-hydrogen) atoms. The van der Waals surface area contributed by atoms with Crippen molar-refractivity contribution in [2.24, 2.45) is 0 Å². The zero-order valence-corrected chi connectivity index (χ0v) is 13.8. The average Bonchev–Trinajstić information content (AvgIpc) is 2.54. The first-order chi connectivity index (χ1) is 10.2. The number of halogens is 1. The molecule has 0 radical (unpaired) electrons. The number of alkyl halides is 1. The maximum Gasteiger partial charge on any atom is 0.118 e. The molecule has 1 nitrogen and oxygen atoms in total. The van der Waals surface area contributed by atoms with Gasteiger partial charge in [0.05, 0.1) is 12.5 Å². The van der Waals surface area contributed by atoms with E-state index < -0.39 is 0 Å². The molecule has 0 N–H and O–H groups in total. The summed E-state index contributed by atoms with van der Waals surface area (Å²) in [6, 6.07) is 14.8. The molecule has 0 aliphatic heterocycles. The standard InChI is InChI=1S/C19H23ClO/c1-4-14-6-9-16(5-2)18(12-14)19(20)13-15-7-10-17(21-3)11-8-15/h6-12,19H,4-5,13H2,1-3H3. The molecule has 0 aromatic heterocycles. The lowest BCUT2D eigenvalue weighted by atomic mass is 9.95. The normalized spacial score (nSPS) is 12.2. The van der Waals surface area contributed by atoms with E-state index in [4.69, 9.17) is 16.3 Å². The number of methoxy groups -OCH3 is 1. The van der Waals surface area contributed by atoms with Crippen LogP contribution in [0.4, 0.5) is 0 Å².